The van der Waals surface area contributed by atoms with Gasteiger partial charge in [-0.3, -0.25) is 0 Å². The normalized spacial score (nSPS) is 19.7. The van der Waals surface area contributed by atoms with Gasteiger partial charge < -0.3 is 4.74 Å². The summed E-state index contributed by atoms with van der Waals surface area (Å²) in [6.07, 6.45) is 1.29. The summed E-state index contributed by atoms with van der Waals surface area (Å²) in [5.41, 5.74) is 1.74. The molecular formula is C16H19N3O3S. The number of nitrogens with zero attached hydrogens (tertiary/aromatic N) is 3. The van der Waals surface area contributed by atoms with Gasteiger partial charge in [-0.15, -0.1) is 0 Å². The lowest BCUT2D eigenvalue weighted by Gasteiger charge is -2.31. The Morgan fingerprint density at radius 2 is 1.91 bits per heavy atom. The minimum Gasteiger partial charge on any atom is -0.369 e. The molecule has 0 unspecified atom stereocenters. The van der Waals surface area contributed by atoms with Crippen molar-refractivity contribution < 1.29 is 13.2 Å². The first kappa shape index (κ1) is 16.0. The van der Waals surface area contributed by atoms with Gasteiger partial charge in [0.2, 0.25) is 10.0 Å². The van der Waals surface area contributed by atoms with Gasteiger partial charge in [-0.2, -0.15) is 4.31 Å². The zero-order valence-electron chi connectivity index (χ0n) is 13.1. The van der Waals surface area contributed by atoms with E-state index in [0.29, 0.717) is 29.6 Å². The Bertz CT molecular complexity index is 790. The first-order chi connectivity index (χ1) is 11.0. The summed E-state index contributed by atoms with van der Waals surface area (Å²) in [4.78, 5) is 8.71. The second-order valence-corrected chi connectivity index (χ2v) is 7.50. The number of hydrogen-bond acceptors (Lipinski definition) is 5. The Morgan fingerprint density at radius 3 is 2.61 bits per heavy atom. The van der Waals surface area contributed by atoms with Gasteiger partial charge in [-0.05, 0) is 32.0 Å². The molecule has 1 aromatic heterocycles. The van der Waals surface area contributed by atoms with Crippen molar-refractivity contribution in [2.24, 2.45) is 0 Å². The molecule has 122 valence electrons. The summed E-state index contributed by atoms with van der Waals surface area (Å²) in [6.45, 7) is 4.67. The molecule has 6 nitrogen and oxygen atoms in total. The van der Waals surface area contributed by atoms with E-state index < -0.39 is 10.0 Å². The van der Waals surface area contributed by atoms with Crippen LogP contribution in [0.4, 0.5) is 0 Å². The molecule has 1 aliphatic rings. The van der Waals surface area contributed by atoms with Crippen LogP contribution in [0.3, 0.4) is 0 Å². The number of ether oxygens (including phenoxy) is 1. The summed E-state index contributed by atoms with van der Waals surface area (Å²) in [5.74, 6) is 0.643. The molecule has 0 radical (unpaired) electrons. The van der Waals surface area contributed by atoms with Crippen LogP contribution in [0.5, 0.6) is 0 Å². The first-order valence-electron chi connectivity index (χ1n) is 7.45. The number of benzene rings is 1. The van der Waals surface area contributed by atoms with E-state index in [0.717, 1.165) is 5.56 Å². The molecule has 1 aliphatic heterocycles. The van der Waals surface area contributed by atoms with Gasteiger partial charge in [0.15, 0.2) is 0 Å². The number of sulfonamides is 1. The van der Waals surface area contributed by atoms with E-state index in [-0.39, 0.29) is 12.6 Å². The summed E-state index contributed by atoms with van der Waals surface area (Å²) in [5, 5.41) is 0. The summed E-state index contributed by atoms with van der Waals surface area (Å²) < 4.78 is 32.7. The highest BCUT2D eigenvalue weighted by molar-refractivity contribution is 7.89. The van der Waals surface area contributed by atoms with Crippen LogP contribution in [0.1, 0.15) is 23.2 Å². The number of aromatic nitrogens is 2. The van der Waals surface area contributed by atoms with Gasteiger partial charge in [0.25, 0.3) is 0 Å². The van der Waals surface area contributed by atoms with E-state index in [4.69, 9.17) is 4.74 Å². The zero-order valence-corrected chi connectivity index (χ0v) is 14.0. The number of morpholine rings is 1. The van der Waals surface area contributed by atoms with Crippen LogP contribution in [0, 0.1) is 13.8 Å². The van der Waals surface area contributed by atoms with Gasteiger partial charge in [0.1, 0.15) is 11.9 Å². The Hall–Kier alpha value is -1.83. The monoisotopic (exact) mass is 333 g/mol. The Balaban J connectivity index is 1.84. The fourth-order valence-corrected chi connectivity index (χ4v) is 3.96. The topological polar surface area (TPSA) is 72.4 Å². The van der Waals surface area contributed by atoms with Crippen molar-refractivity contribution in [3.63, 3.8) is 0 Å². The summed E-state index contributed by atoms with van der Waals surface area (Å²) in [7, 11) is -3.52. The lowest BCUT2D eigenvalue weighted by molar-refractivity contribution is -0.00509. The van der Waals surface area contributed by atoms with Crippen molar-refractivity contribution >= 4 is 10.0 Å². The fourth-order valence-electron chi connectivity index (χ4n) is 2.54. The maximum atomic E-state index is 12.8. The third-order valence-corrected chi connectivity index (χ3v) is 5.69. The minimum atomic E-state index is -3.52. The molecule has 7 heteroatoms. The molecular weight excluding hydrogens is 314 g/mol. The molecule has 0 saturated carbocycles. The van der Waals surface area contributed by atoms with Crippen molar-refractivity contribution in [2.75, 3.05) is 19.7 Å². The molecule has 0 amide bonds. The fraction of sp³-hybridized carbons (Fsp3) is 0.375. The second-order valence-electron chi connectivity index (χ2n) is 5.56. The number of aryl methyl sites for hydroxylation is 2. The van der Waals surface area contributed by atoms with Crippen LogP contribution in [-0.2, 0) is 14.8 Å². The molecule has 0 spiro atoms. The standard InChI is InChI=1S/C16H19N3O3S/c1-12-3-5-14(6-4-12)23(20,21)19-9-10-22-16(11-19)15-7-8-17-13(2)18-15/h3-8,16H,9-11H2,1-2H3/t16-/m0/s1. The van der Waals surface area contributed by atoms with Crippen LogP contribution in [0.25, 0.3) is 0 Å². The van der Waals surface area contributed by atoms with E-state index in [2.05, 4.69) is 9.97 Å². The van der Waals surface area contributed by atoms with Gasteiger partial charge >= 0.3 is 0 Å². The lowest BCUT2D eigenvalue weighted by Crippen LogP contribution is -2.42. The van der Waals surface area contributed by atoms with Crippen LogP contribution in [0.2, 0.25) is 0 Å². The predicted molar refractivity (Wildman–Crippen MR) is 85.4 cm³/mol. The number of hydrogen-bond donors (Lipinski definition) is 0. The maximum absolute atomic E-state index is 12.8. The smallest absolute Gasteiger partial charge is 0.243 e. The van der Waals surface area contributed by atoms with E-state index in [1.165, 1.54) is 4.31 Å². The highest BCUT2D eigenvalue weighted by Crippen LogP contribution is 2.25. The molecule has 2 heterocycles. The Morgan fingerprint density at radius 1 is 1.17 bits per heavy atom. The minimum absolute atomic E-state index is 0.257. The highest BCUT2D eigenvalue weighted by atomic mass is 32.2. The van der Waals surface area contributed by atoms with Crippen LogP contribution in [0.15, 0.2) is 41.4 Å². The second kappa shape index (κ2) is 6.35. The predicted octanol–water partition coefficient (Wildman–Crippen LogP) is 1.86. The quantitative estimate of drug-likeness (QED) is 0.857. The van der Waals surface area contributed by atoms with Crippen molar-refractivity contribution in [3.8, 4) is 0 Å². The number of rotatable bonds is 3. The first-order valence-corrected chi connectivity index (χ1v) is 8.89. The van der Waals surface area contributed by atoms with Crippen molar-refractivity contribution in [1.29, 1.82) is 0 Å². The molecule has 23 heavy (non-hydrogen) atoms. The largest absolute Gasteiger partial charge is 0.369 e. The van der Waals surface area contributed by atoms with Gasteiger partial charge in [-0.25, -0.2) is 18.4 Å². The maximum Gasteiger partial charge on any atom is 0.243 e. The molecule has 1 atom stereocenters. The van der Waals surface area contributed by atoms with Crippen molar-refractivity contribution in [2.45, 2.75) is 24.8 Å². The van der Waals surface area contributed by atoms with Crippen molar-refractivity contribution in [1.82, 2.24) is 14.3 Å². The lowest BCUT2D eigenvalue weighted by atomic mass is 10.2. The van der Waals surface area contributed by atoms with Crippen LogP contribution in [-0.4, -0.2) is 42.4 Å². The third kappa shape index (κ3) is 3.41. The molecule has 2 aromatic rings. The molecule has 1 saturated heterocycles. The molecule has 3 rings (SSSR count). The molecule has 1 aromatic carbocycles. The molecule has 1 fully saturated rings. The SMILES string of the molecule is Cc1ccc(S(=O)(=O)N2CCO[C@H](c3ccnc(C)n3)C2)cc1. The van der Waals surface area contributed by atoms with Crippen LogP contribution >= 0.6 is 0 Å². The summed E-state index contributed by atoms with van der Waals surface area (Å²) in [6, 6.07) is 8.66. The average molecular weight is 333 g/mol. The Kier molecular flexibility index (Phi) is 4.43. The molecule has 0 N–H and O–H groups in total. The van der Waals surface area contributed by atoms with E-state index >= 15 is 0 Å². The van der Waals surface area contributed by atoms with E-state index in [9.17, 15) is 8.42 Å². The van der Waals surface area contributed by atoms with Gasteiger partial charge in [0, 0.05) is 19.3 Å². The van der Waals surface area contributed by atoms with E-state index in [1.807, 2.05) is 6.92 Å². The molecule has 0 bridgehead atoms. The highest BCUT2D eigenvalue weighted by Gasteiger charge is 2.32. The average Bonchev–Trinajstić information content (AvgIpc) is 2.55. The Labute approximate surface area is 136 Å². The van der Waals surface area contributed by atoms with Crippen LogP contribution < -0.4 is 0 Å². The van der Waals surface area contributed by atoms with Gasteiger partial charge in [0.05, 0.1) is 17.2 Å². The molecule has 0 aliphatic carbocycles. The van der Waals surface area contributed by atoms with Crippen molar-refractivity contribution in [3.05, 3.63) is 53.6 Å². The zero-order chi connectivity index (χ0) is 16.4. The van der Waals surface area contributed by atoms with Gasteiger partial charge in [-0.1, -0.05) is 17.7 Å². The van der Waals surface area contributed by atoms with E-state index in [1.54, 1.807) is 43.5 Å². The third-order valence-electron chi connectivity index (χ3n) is 3.82. The summed E-state index contributed by atoms with van der Waals surface area (Å²) >= 11 is 0.